The molecule has 144 valence electrons. The molecule has 0 aliphatic heterocycles. The van der Waals surface area contributed by atoms with Crippen molar-refractivity contribution in [3.63, 3.8) is 0 Å². The minimum absolute atomic E-state index is 0.104. The molecule has 1 N–H and O–H groups in total. The van der Waals surface area contributed by atoms with E-state index in [1.165, 1.54) is 25.3 Å². The zero-order chi connectivity index (χ0) is 20.0. The molecule has 0 aliphatic rings. The molecular weight excluding hydrogens is 350 g/mol. The van der Waals surface area contributed by atoms with Crippen LogP contribution in [0.2, 0.25) is 0 Å². The van der Waals surface area contributed by atoms with E-state index < -0.39 is 11.0 Å². The molecule has 1 atom stereocenters. The highest BCUT2D eigenvalue weighted by atomic mass is 16.6. The SMILES string of the molecule is COc1cccc(CN(C)[C@@H](C)C(=O)Nc2ccc([N+](=O)[O-])cc2OC)c1. The van der Waals surface area contributed by atoms with Crippen LogP contribution in [0.3, 0.4) is 0 Å². The molecule has 0 unspecified atom stereocenters. The fourth-order valence-corrected chi connectivity index (χ4v) is 2.53. The van der Waals surface area contributed by atoms with Crippen LogP contribution in [0.5, 0.6) is 11.5 Å². The Labute approximate surface area is 157 Å². The largest absolute Gasteiger partial charge is 0.497 e. The van der Waals surface area contributed by atoms with Gasteiger partial charge >= 0.3 is 0 Å². The van der Waals surface area contributed by atoms with E-state index >= 15 is 0 Å². The summed E-state index contributed by atoms with van der Waals surface area (Å²) in [6.07, 6.45) is 0. The normalized spacial score (nSPS) is 11.7. The predicted octanol–water partition coefficient (Wildman–Crippen LogP) is 3.07. The fourth-order valence-electron chi connectivity index (χ4n) is 2.53. The molecule has 27 heavy (non-hydrogen) atoms. The zero-order valence-electron chi connectivity index (χ0n) is 15.8. The first-order chi connectivity index (χ1) is 12.8. The number of non-ortho nitro benzene ring substituents is 1. The lowest BCUT2D eigenvalue weighted by Gasteiger charge is -2.24. The van der Waals surface area contributed by atoms with E-state index in [0.717, 1.165) is 11.3 Å². The van der Waals surface area contributed by atoms with Crippen molar-refractivity contribution >= 4 is 17.3 Å². The highest BCUT2D eigenvalue weighted by molar-refractivity contribution is 5.96. The highest BCUT2D eigenvalue weighted by Gasteiger charge is 2.20. The first-order valence-electron chi connectivity index (χ1n) is 8.32. The van der Waals surface area contributed by atoms with Gasteiger partial charge in [0.15, 0.2) is 0 Å². The van der Waals surface area contributed by atoms with Crippen molar-refractivity contribution in [1.29, 1.82) is 0 Å². The van der Waals surface area contributed by atoms with E-state index in [-0.39, 0.29) is 17.3 Å². The Morgan fingerprint density at radius 3 is 2.59 bits per heavy atom. The van der Waals surface area contributed by atoms with Crippen molar-refractivity contribution in [3.05, 3.63) is 58.1 Å². The molecular formula is C19H23N3O5. The molecule has 0 spiro atoms. The summed E-state index contributed by atoms with van der Waals surface area (Å²) in [6, 6.07) is 11.3. The number of anilines is 1. The van der Waals surface area contributed by atoms with Gasteiger partial charge in [-0.2, -0.15) is 0 Å². The summed E-state index contributed by atoms with van der Waals surface area (Å²) >= 11 is 0. The maximum atomic E-state index is 12.6. The Morgan fingerprint density at radius 1 is 1.22 bits per heavy atom. The lowest BCUT2D eigenvalue weighted by Crippen LogP contribution is -2.39. The molecule has 0 radical (unpaired) electrons. The monoisotopic (exact) mass is 373 g/mol. The number of nitro benzene ring substituents is 1. The number of ether oxygens (including phenoxy) is 2. The summed E-state index contributed by atoms with van der Waals surface area (Å²) in [5.41, 5.74) is 1.30. The Morgan fingerprint density at radius 2 is 1.96 bits per heavy atom. The lowest BCUT2D eigenvalue weighted by molar-refractivity contribution is -0.384. The molecule has 2 rings (SSSR count). The summed E-state index contributed by atoms with van der Waals surface area (Å²) in [5, 5.41) is 13.6. The van der Waals surface area contributed by atoms with Gasteiger partial charge in [-0.25, -0.2) is 0 Å². The summed E-state index contributed by atoms with van der Waals surface area (Å²) in [5.74, 6) is 0.751. The topological polar surface area (TPSA) is 93.9 Å². The standard InChI is InChI=1S/C19H23N3O5/c1-13(21(2)12-14-6-5-7-16(10-14)26-3)19(23)20-17-9-8-15(22(24)25)11-18(17)27-4/h5-11,13H,12H2,1-4H3,(H,20,23)/t13-/m0/s1. The Bertz CT molecular complexity index is 825. The maximum Gasteiger partial charge on any atom is 0.273 e. The molecule has 8 nitrogen and oxygen atoms in total. The van der Waals surface area contributed by atoms with Crippen LogP contribution < -0.4 is 14.8 Å². The first kappa shape index (κ1) is 20.2. The Balaban J connectivity index is 2.07. The Hall–Kier alpha value is -3.13. The van der Waals surface area contributed by atoms with Gasteiger partial charge in [0.25, 0.3) is 5.69 Å². The quantitative estimate of drug-likeness (QED) is 0.564. The van der Waals surface area contributed by atoms with Crippen LogP contribution in [0.4, 0.5) is 11.4 Å². The second kappa shape index (κ2) is 9.00. The van der Waals surface area contributed by atoms with Gasteiger partial charge < -0.3 is 14.8 Å². The van der Waals surface area contributed by atoms with Gasteiger partial charge in [-0.3, -0.25) is 19.8 Å². The van der Waals surface area contributed by atoms with E-state index in [2.05, 4.69) is 5.32 Å². The number of hydrogen-bond acceptors (Lipinski definition) is 6. The van der Waals surface area contributed by atoms with Crippen molar-refractivity contribution in [3.8, 4) is 11.5 Å². The van der Waals surface area contributed by atoms with Crippen LogP contribution in [-0.4, -0.2) is 43.0 Å². The second-order valence-corrected chi connectivity index (χ2v) is 6.07. The van der Waals surface area contributed by atoms with E-state index in [4.69, 9.17) is 9.47 Å². The number of nitrogens with one attached hydrogen (secondary N) is 1. The van der Waals surface area contributed by atoms with Gasteiger partial charge in [0.2, 0.25) is 5.91 Å². The average Bonchev–Trinajstić information content (AvgIpc) is 2.67. The number of carbonyl (C=O) groups is 1. The summed E-state index contributed by atoms with van der Waals surface area (Å²) < 4.78 is 10.4. The molecule has 0 aromatic heterocycles. The van der Waals surface area contributed by atoms with Crippen molar-refractivity contribution in [2.45, 2.75) is 19.5 Å². The highest BCUT2D eigenvalue weighted by Crippen LogP contribution is 2.29. The number of benzene rings is 2. The van der Waals surface area contributed by atoms with Gasteiger partial charge in [-0.05, 0) is 37.7 Å². The first-order valence-corrected chi connectivity index (χ1v) is 8.32. The summed E-state index contributed by atoms with van der Waals surface area (Å²) in [4.78, 5) is 24.8. The van der Waals surface area contributed by atoms with Gasteiger partial charge in [-0.1, -0.05) is 12.1 Å². The second-order valence-electron chi connectivity index (χ2n) is 6.07. The van der Waals surface area contributed by atoms with Gasteiger partial charge in [0, 0.05) is 12.6 Å². The van der Waals surface area contributed by atoms with Crippen LogP contribution in [0.1, 0.15) is 12.5 Å². The van der Waals surface area contributed by atoms with Crippen LogP contribution >= 0.6 is 0 Å². The van der Waals surface area contributed by atoms with Crippen LogP contribution in [0.15, 0.2) is 42.5 Å². The minimum atomic E-state index is -0.515. The lowest BCUT2D eigenvalue weighted by atomic mass is 10.1. The van der Waals surface area contributed by atoms with Crippen molar-refractivity contribution < 1.29 is 19.2 Å². The van der Waals surface area contributed by atoms with E-state index in [1.807, 2.05) is 36.2 Å². The molecule has 2 aromatic carbocycles. The number of nitro groups is 1. The number of hydrogen-bond donors (Lipinski definition) is 1. The van der Waals surface area contributed by atoms with Crippen molar-refractivity contribution in [1.82, 2.24) is 4.90 Å². The molecule has 8 heteroatoms. The molecule has 0 saturated carbocycles. The molecule has 0 heterocycles. The number of carbonyl (C=O) groups excluding carboxylic acids is 1. The third kappa shape index (κ3) is 5.18. The van der Waals surface area contributed by atoms with Crippen LogP contribution in [-0.2, 0) is 11.3 Å². The summed E-state index contributed by atoms with van der Waals surface area (Å²) in [7, 11) is 4.85. The number of nitrogens with zero attached hydrogens (tertiary/aromatic N) is 2. The zero-order valence-corrected chi connectivity index (χ0v) is 15.8. The third-order valence-electron chi connectivity index (χ3n) is 4.26. The number of amides is 1. The molecule has 2 aromatic rings. The van der Waals surface area contributed by atoms with Crippen molar-refractivity contribution in [2.75, 3.05) is 26.6 Å². The molecule has 0 saturated heterocycles. The van der Waals surface area contributed by atoms with Crippen LogP contribution in [0, 0.1) is 10.1 Å². The van der Waals surface area contributed by atoms with Crippen LogP contribution in [0.25, 0.3) is 0 Å². The van der Waals surface area contributed by atoms with Gasteiger partial charge in [0.05, 0.1) is 36.9 Å². The molecule has 1 amide bonds. The summed E-state index contributed by atoms with van der Waals surface area (Å²) in [6.45, 7) is 2.34. The minimum Gasteiger partial charge on any atom is -0.497 e. The van der Waals surface area contributed by atoms with Crippen molar-refractivity contribution in [2.24, 2.45) is 0 Å². The van der Waals surface area contributed by atoms with E-state index in [1.54, 1.807) is 14.0 Å². The fraction of sp³-hybridized carbons (Fsp3) is 0.316. The number of rotatable bonds is 8. The molecule has 0 fully saturated rings. The average molecular weight is 373 g/mol. The van der Waals surface area contributed by atoms with E-state index in [9.17, 15) is 14.9 Å². The number of likely N-dealkylation sites (N-methyl/N-ethyl adjacent to an activating group) is 1. The van der Waals surface area contributed by atoms with Gasteiger partial charge in [-0.15, -0.1) is 0 Å². The number of methoxy groups -OCH3 is 2. The molecule has 0 aliphatic carbocycles. The third-order valence-corrected chi connectivity index (χ3v) is 4.26. The van der Waals surface area contributed by atoms with E-state index in [0.29, 0.717) is 12.2 Å². The van der Waals surface area contributed by atoms with Gasteiger partial charge in [0.1, 0.15) is 11.5 Å². The Kier molecular flexibility index (Phi) is 6.73. The predicted molar refractivity (Wildman–Crippen MR) is 102 cm³/mol. The smallest absolute Gasteiger partial charge is 0.273 e. The maximum absolute atomic E-state index is 12.6. The molecule has 0 bridgehead atoms.